The molecule has 4 heterocycles. The number of benzene rings is 7. The number of para-hydroxylation sites is 5. The van der Waals surface area contributed by atoms with Gasteiger partial charge in [-0.2, -0.15) is 0 Å². The molecule has 8 aromatic rings. The number of aromatic nitrogens is 2. The Hall–Kier alpha value is -9.08. The van der Waals surface area contributed by atoms with Gasteiger partial charge in [0.25, 0.3) is 5.56 Å². The summed E-state index contributed by atoms with van der Waals surface area (Å²) in [6.45, 7) is 11.4. The average Bonchev–Trinajstić information content (AvgIpc) is 4.14. The number of nitrogens with zero attached hydrogens (tertiary/aromatic N) is 1. The van der Waals surface area contributed by atoms with Gasteiger partial charge in [0.15, 0.2) is 23.2 Å². The number of carbonyl (C=O) groups excluding carboxylic acids is 2. The van der Waals surface area contributed by atoms with Gasteiger partial charge in [0.2, 0.25) is 0 Å². The molecule has 3 aliphatic heterocycles. The zero-order valence-corrected chi connectivity index (χ0v) is 40.9. The third-order valence-electron chi connectivity index (χ3n) is 12.4. The minimum atomic E-state index is -0.0874. The van der Waals surface area contributed by atoms with Crippen molar-refractivity contribution in [3.05, 3.63) is 280 Å². The van der Waals surface area contributed by atoms with Crippen LogP contribution in [-0.4, -0.2) is 21.5 Å². The first kappa shape index (κ1) is 50.3. The molecule has 6 aliphatic rings. The first-order chi connectivity index (χ1) is 35.7. The number of ether oxygens (including phenoxy) is 1. The van der Waals surface area contributed by atoms with Crippen LogP contribution in [0, 0.1) is 0 Å². The molecule has 0 fully saturated rings. The second kappa shape index (κ2) is 25.2. The van der Waals surface area contributed by atoms with Gasteiger partial charge in [0, 0.05) is 54.0 Å². The van der Waals surface area contributed by atoms with E-state index < -0.39 is 0 Å². The number of aromatic amines is 1. The van der Waals surface area contributed by atoms with E-state index in [2.05, 4.69) is 106 Å². The average molecular weight is 962 g/mol. The highest BCUT2D eigenvalue weighted by Gasteiger charge is 2.14. The first-order valence-corrected chi connectivity index (χ1v) is 24.5. The molecule has 9 nitrogen and oxygen atoms in total. The summed E-state index contributed by atoms with van der Waals surface area (Å²) in [5.41, 5.74) is 16.3. The van der Waals surface area contributed by atoms with Crippen molar-refractivity contribution in [1.82, 2.24) is 9.97 Å². The zero-order chi connectivity index (χ0) is 50.8. The van der Waals surface area contributed by atoms with Crippen LogP contribution in [0.2, 0.25) is 0 Å². The molecular weight excluding hydrogens is 903 g/mol. The molecule has 0 radical (unpaired) electrons. The minimum absolute atomic E-state index is 0.0874. The van der Waals surface area contributed by atoms with Gasteiger partial charge in [-0.1, -0.05) is 165 Å². The van der Waals surface area contributed by atoms with Gasteiger partial charge >= 0.3 is 0 Å². The number of nitrogens with one attached hydrogen (secondary N) is 4. The lowest BCUT2D eigenvalue weighted by Crippen LogP contribution is -2.05. The molecule has 0 unspecified atom stereocenters. The summed E-state index contributed by atoms with van der Waals surface area (Å²) >= 11 is 0. The molecule has 3 aliphatic carbocycles. The summed E-state index contributed by atoms with van der Waals surface area (Å²) in [5, 5.41) is 10.0. The lowest BCUT2D eigenvalue weighted by molar-refractivity contribution is -0.114. The topological polar surface area (TPSA) is 125 Å². The van der Waals surface area contributed by atoms with E-state index >= 15 is 0 Å². The Morgan fingerprint density at radius 3 is 1.63 bits per heavy atom. The Balaban J connectivity index is 0.000000114. The fourth-order valence-corrected chi connectivity index (χ4v) is 8.77. The highest BCUT2D eigenvalue weighted by Crippen LogP contribution is 2.32. The van der Waals surface area contributed by atoms with E-state index in [0.29, 0.717) is 24.1 Å². The number of rotatable bonds is 0. The maximum atomic E-state index is 11.2. The van der Waals surface area contributed by atoms with E-state index in [1.807, 2.05) is 121 Å². The molecule has 14 rings (SSSR count). The number of H-pyrrole nitrogens is 1. The van der Waals surface area contributed by atoms with Crippen molar-refractivity contribution >= 4 is 51.7 Å². The molecule has 0 saturated carbocycles. The van der Waals surface area contributed by atoms with Crippen LogP contribution in [0.4, 0.5) is 17.1 Å². The Morgan fingerprint density at radius 2 is 1.01 bits per heavy atom. The second-order valence-corrected chi connectivity index (χ2v) is 17.8. The number of hydrogen-bond acceptors (Lipinski definition) is 8. The largest absolute Gasteiger partial charge is 0.440 e. The maximum absolute atomic E-state index is 11.2. The van der Waals surface area contributed by atoms with Crippen molar-refractivity contribution in [3.8, 4) is 5.75 Å². The number of hydrogen-bond donors (Lipinski definition) is 4. The van der Waals surface area contributed by atoms with Crippen LogP contribution < -0.4 is 26.2 Å². The number of carbonyl (C=O) groups is 2. The number of anilines is 3. The van der Waals surface area contributed by atoms with Gasteiger partial charge in [-0.25, -0.2) is 4.98 Å². The molecule has 0 bridgehead atoms. The smallest absolute Gasteiger partial charge is 0.258 e. The summed E-state index contributed by atoms with van der Waals surface area (Å²) in [4.78, 5) is 39.8. The summed E-state index contributed by atoms with van der Waals surface area (Å²) < 4.78 is 5.20. The Kier molecular flexibility index (Phi) is 17.3. The third-order valence-corrected chi connectivity index (χ3v) is 12.4. The summed E-state index contributed by atoms with van der Waals surface area (Å²) in [6, 6.07) is 56.0. The molecule has 7 aromatic carbocycles. The quantitative estimate of drug-likeness (QED) is 0.118. The van der Waals surface area contributed by atoms with Crippen molar-refractivity contribution in [2.24, 2.45) is 0 Å². The normalized spacial score (nSPS) is 14.1. The molecule has 1 aromatic heterocycles. The van der Waals surface area contributed by atoms with Gasteiger partial charge in [-0.3, -0.25) is 14.4 Å². The van der Waals surface area contributed by atoms with Crippen molar-refractivity contribution in [3.63, 3.8) is 0 Å². The van der Waals surface area contributed by atoms with Crippen LogP contribution >= 0.6 is 0 Å². The van der Waals surface area contributed by atoms with Crippen LogP contribution in [0.5, 0.6) is 5.75 Å². The highest BCUT2D eigenvalue weighted by atomic mass is 16.5. The predicted molar refractivity (Wildman–Crippen MR) is 300 cm³/mol. The van der Waals surface area contributed by atoms with Crippen LogP contribution in [0.1, 0.15) is 68.6 Å². The van der Waals surface area contributed by atoms with E-state index in [1.54, 1.807) is 23.3 Å². The van der Waals surface area contributed by atoms with Gasteiger partial charge in [-0.15, -0.1) is 0 Å². The van der Waals surface area contributed by atoms with Crippen LogP contribution in [0.3, 0.4) is 0 Å². The predicted octanol–water partition coefficient (Wildman–Crippen LogP) is 13.9. The summed E-state index contributed by atoms with van der Waals surface area (Å²) in [6.07, 6.45) is 17.3. The second-order valence-electron chi connectivity index (χ2n) is 17.8. The fraction of sp³-hybridized carbons (Fsp3) is 0.125. The van der Waals surface area contributed by atoms with Gasteiger partial charge < -0.3 is 25.7 Å². The van der Waals surface area contributed by atoms with Crippen molar-refractivity contribution in [2.75, 3.05) is 16.0 Å². The van der Waals surface area contributed by atoms with E-state index in [1.165, 1.54) is 60.1 Å². The van der Waals surface area contributed by atoms with Gasteiger partial charge in [0.1, 0.15) is 0 Å². The van der Waals surface area contributed by atoms with E-state index in [0.717, 1.165) is 57.9 Å². The molecule has 364 valence electrons. The highest BCUT2D eigenvalue weighted by molar-refractivity contribution is 6.02. The van der Waals surface area contributed by atoms with Crippen LogP contribution in [0.15, 0.2) is 230 Å². The Bertz CT molecular complexity index is 3150. The fourth-order valence-electron chi connectivity index (χ4n) is 8.77. The van der Waals surface area contributed by atoms with E-state index in [9.17, 15) is 14.4 Å². The molecule has 0 spiro atoms. The van der Waals surface area contributed by atoms with Gasteiger partial charge in [0.05, 0.1) is 22.9 Å². The minimum Gasteiger partial charge on any atom is -0.440 e. The number of fused-ring (bicyclic) bond motifs is 7. The lowest BCUT2D eigenvalue weighted by Gasteiger charge is -2.13. The molecule has 0 atom stereocenters. The van der Waals surface area contributed by atoms with Crippen molar-refractivity contribution in [1.29, 1.82) is 0 Å². The standard InChI is InChI=1S/2C10H8O.C10H12.2C9H9N.C8H6N2O.C8H7NO/c11-10-7-3-5-8-4-1-2-6-9(8)10;11-10-6-5-8-3-1-2-4-9(8)7-10;1-2-6-10-8-4-3-7-9(10)5-1;2*1-7-6-8-4-2-3-5-9(8)10-7;11-8-6-3-1-2-4-7(6)9-5-10-8;1-6-9-7-4-2-3-5-8(7)10-6/h2*1-6H,7H2;1-2,5-6H,3-4,7-8H2;2*2-5,10H,1,6H2;1-5H,(H,9,10,11);2-5,9H,1H2. The molecule has 4 N–H and O–H groups in total. The zero-order valence-electron chi connectivity index (χ0n) is 40.9. The first-order valence-electron chi connectivity index (χ1n) is 24.5. The molecule has 0 saturated heterocycles. The third kappa shape index (κ3) is 14.3. The van der Waals surface area contributed by atoms with Gasteiger partial charge in [-0.05, 0) is 114 Å². The number of Topliss-reactive ketones (excluding diaryl/α,β-unsaturated/α-hetero) is 1. The molecule has 73 heavy (non-hydrogen) atoms. The Labute approximate surface area is 427 Å². The monoisotopic (exact) mass is 961 g/mol. The number of ketones is 2. The SMILES string of the molecule is C=C1Cc2ccccc2N1.C=C1Cc2ccccc2N1.C=C1Nc2ccccc2O1.O=C1C=Cc2ccccc2C1.O=C1CC=Cc2ccccc21.O=c1[nH]cnc2ccccc12.c1ccc2c(c1)CCCC2. The molecule has 9 heteroatoms. The van der Waals surface area contributed by atoms with Crippen molar-refractivity contribution < 1.29 is 14.3 Å². The maximum Gasteiger partial charge on any atom is 0.258 e. The summed E-state index contributed by atoms with van der Waals surface area (Å²) in [5.74, 6) is 1.88. The Morgan fingerprint density at radius 1 is 0.479 bits per heavy atom. The van der Waals surface area contributed by atoms with Crippen LogP contribution in [-0.2, 0) is 36.9 Å². The number of allylic oxidation sites excluding steroid dienone is 4. The summed E-state index contributed by atoms with van der Waals surface area (Å²) in [7, 11) is 0. The lowest BCUT2D eigenvalue weighted by atomic mass is 9.92. The number of aryl methyl sites for hydroxylation is 2. The van der Waals surface area contributed by atoms with E-state index in [-0.39, 0.29) is 17.1 Å². The van der Waals surface area contributed by atoms with Crippen molar-refractivity contribution in [2.45, 2.75) is 51.4 Å². The van der Waals surface area contributed by atoms with Crippen LogP contribution in [0.25, 0.3) is 23.1 Å². The van der Waals surface area contributed by atoms with E-state index in [4.69, 9.17) is 4.74 Å². The molecular formula is C64H59N5O4. The molecule has 0 amide bonds.